The predicted molar refractivity (Wildman–Crippen MR) is 115 cm³/mol. The van der Waals surface area contributed by atoms with Crippen LogP contribution < -0.4 is 4.90 Å². The highest BCUT2D eigenvalue weighted by atomic mass is 79.9. The van der Waals surface area contributed by atoms with Crippen molar-refractivity contribution in [3.8, 4) is 0 Å². The number of hydrogen-bond acceptors (Lipinski definition) is 7. The third-order valence-corrected chi connectivity index (χ3v) is 7.58. The van der Waals surface area contributed by atoms with Crippen LogP contribution in [0.2, 0.25) is 0 Å². The van der Waals surface area contributed by atoms with Crippen molar-refractivity contribution in [2.24, 2.45) is 0 Å². The Morgan fingerprint density at radius 2 is 1.89 bits per heavy atom. The SMILES string of the molecule is CN(C)CCN(C(=O)c1ccc(Br)s1)c1nc2c(S(C)(=O)=O)cccc2s1. The molecule has 10 heteroatoms. The Kier molecular flexibility index (Phi) is 6.02. The lowest BCUT2D eigenvalue weighted by atomic mass is 10.3. The van der Waals surface area contributed by atoms with Crippen molar-refractivity contribution < 1.29 is 13.2 Å². The van der Waals surface area contributed by atoms with Crippen LogP contribution >= 0.6 is 38.6 Å². The average molecular weight is 488 g/mol. The number of nitrogens with zero attached hydrogens (tertiary/aromatic N) is 3. The number of halogens is 1. The Labute approximate surface area is 174 Å². The molecule has 0 saturated carbocycles. The van der Waals surface area contributed by atoms with Crippen LogP contribution in [-0.4, -0.2) is 57.6 Å². The van der Waals surface area contributed by atoms with E-state index in [1.165, 1.54) is 28.9 Å². The third kappa shape index (κ3) is 4.57. The Balaban J connectivity index is 2.07. The van der Waals surface area contributed by atoms with Crippen LogP contribution in [0, 0.1) is 0 Å². The molecule has 0 spiro atoms. The number of thiophene rings is 1. The molecule has 0 radical (unpaired) electrons. The standard InChI is InChI=1S/C17H18BrN3O3S3/c1-20(2)9-10-21(16(22)12-7-8-14(18)25-12)17-19-15-11(26-17)5-4-6-13(15)27(3,23)24/h4-8H,9-10H2,1-3H3. The molecule has 6 nitrogen and oxygen atoms in total. The number of fused-ring (bicyclic) bond motifs is 1. The average Bonchev–Trinajstić information content (AvgIpc) is 3.19. The lowest BCUT2D eigenvalue weighted by Gasteiger charge is -2.21. The number of para-hydroxylation sites is 1. The van der Waals surface area contributed by atoms with Crippen LogP contribution in [0.15, 0.2) is 39.0 Å². The largest absolute Gasteiger partial charge is 0.308 e. The van der Waals surface area contributed by atoms with Crippen molar-refractivity contribution in [3.63, 3.8) is 0 Å². The number of sulfone groups is 1. The van der Waals surface area contributed by atoms with Gasteiger partial charge in [0.2, 0.25) is 0 Å². The van der Waals surface area contributed by atoms with Gasteiger partial charge in [-0.2, -0.15) is 0 Å². The van der Waals surface area contributed by atoms with Gasteiger partial charge in [0, 0.05) is 19.3 Å². The minimum Gasteiger partial charge on any atom is -0.308 e. The summed E-state index contributed by atoms with van der Waals surface area (Å²) in [5.41, 5.74) is 0.412. The molecule has 0 saturated heterocycles. The summed E-state index contributed by atoms with van der Waals surface area (Å²) in [4.78, 5) is 22.0. The number of benzene rings is 1. The summed E-state index contributed by atoms with van der Waals surface area (Å²) in [6, 6.07) is 8.67. The lowest BCUT2D eigenvalue weighted by molar-refractivity contribution is 0.0989. The molecule has 1 amide bonds. The Hall–Kier alpha value is -1.33. The number of likely N-dealkylation sites (N-methyl/N-ethyl adjacent to an activating group) is 1. The van der Waals surface area contributed by atoms with Crippen molar-refractivity contribution in [2.45, 2.75) is 4.90 Å². The van der Waals surface area contributed by atoms with E-state index in [-0.39, 0.29) is 10.8 Å². The molecule has 0 unspecified atom stereocenters. The van der Waals surface area contributed by atoms with E-state index >= 15 is 0 Å². The van der Waals surface area contributed by atoms with Crippen LogP contribution in [0.1, 0.15) is 9.67 Å². The van der Waals surface area contributed by atoms with E-state index in [1.807, 2.05) is 31.1 Å². The molecule has 0 bridgehead atoms. The van der Waals surface area contributed by atoms with Crippen molar-refractivity contribution in [2.75, 3.05) is 38.3 Å². The molecule has 3 rings (SSSR count). The monoisotopic (exact) mass is 487 g/mol. The van der Waals surface area contributed by atoms with Crippen LogP contribution in [0.5, 0.6) is 0 Å². The van der Waals surface area contributed by atoms with E-state index in [0.717, 1.165) is 8.49 Å². The van der Waals surface area contributed by atoms with Crippen molar-refractivity contribution in [1.29, 1.82) is 0 Å². The minimum absolute atomic E-state index is 0.146. The first-order chi connectivity index (χ1) is 12.7. The summed E-state index contributed by atoms with van der Waals surface area (Å²) < 4.78 is 25.8. The van der Waals surface area contributed by atoms with Gasteiger partial charge in [-0.25, -0.2) is 13.4 Å². The predicted octanol–water partition coefficient (Wildman–Crippen LogP) is 3.73. The Morgan fingerprint density at radius 3 is 2.48 bits per heavy atom. The number of anilines is 1. The summed E-state index contributed by atoms with van der Waals surface area (Å²) in [7, 11) is 0.462. The van der Waals surface area contributed by atoms with Crippen LogP contribution in [0.3, 0.4) is 0 Å². The first-order valence-electron chi connectivity index (χ1n) is 7.98. The highest BCUT2D eigenvalue weighted by Crippen LogP contribution is 2.34. The van der Waals surface area contributed by atoms with Gasteiger partial charge in [-0.3, -0.25) is 9.69 Å². The number of thiazole rings is 1. The maximum absolute atomic E-state index is 13.1. The van der Waals surface area contributed by atoms with Crippen LogP contribution in [-0.2, 0) is 9.84 Å². The molecule has 27 heavy (non-hydrogen) atoms. The first-order valence-corrected chi connectivity index (χ1v) is 12.3. The van der Waals surface area contributed by atoms with Crippen LogP contribution in [0.25, 0.3) is 10.2 Å². The Bertz CT molecular complexity index is 1090. The van der Waals surface area contributed by atoms with Gasteiger partial charge < -0.3 is 4.90 Å². The van der Waals surface area contributed by atoms with E-state index in [2.05, 4.69) is 20.9 Å². The zero-order chi connectivity index (χ0) is 19.8. The number of hydrogen-bond donors (Lipinski definition) is 0. The second kappa shape index (κ2) is 7.96. The zero-order valence-corrected chi connectivity index (χ0v) is 19.0. The molecule has 0 aliphatic carbocycles. The first kappa shape index (κ1) is 20.4. The summed E-state index contributed by atoms with van der Waals surface area (Å²) in [5, 5.41) is 0.498. The topological polar surface area (TPSA) is 70.6 Å². The highest BCUT2D eigenvalue weighted by Gasteiger charge is 2.24. The van der Waals surface area contributed by atoms with Gasteiger partial charge in [0.25, 0.3) is 5.91 Å². The number of carbonyl (C=O) groups excluding carboxylic acids is 1. The molecule has 0 fully saturated rings. The van der Waals surface area contributed by atoms with Gasteiger partial charge in [-0.1, -0.05) is 17.4 Å². The zero-order valence-electron chi connectivity index (χ0n) is 15.0. The van der Waals surface area contributed by atoms with Crippen molar-refractivity contribution in [1.82, 2.24) is 9.88 Å². The van der Waals surface area contributed by atoms with Gasteiger partial charge in [0.15, 0.2) is 15.0 Å². The second-order valence-corrected chi connectivity index (χ2v) is 11.7. The molecule has 1 aromatic carbocycles. The number of carbonyl (C=O) groups is 1. The van der Waals surface area contributed by atoms with Gasteiger partial charge in [-0.05, 0) is 54.3 Å². The second-order valence-electron chi connectivity index (χ2n) is 6.24. The molecule has 0 aliphatic rings. The molecule has 144 valence electrons. The van der Waals surface area contributed by atoms with Gasteiger partial charge in [0.1, 0.15) is 5.52 Å². The summed E-state index contributed by atoms with van der Waals surface area (Å²) >= 11 is 6.07. The summed E-state index contributed by atoms with van der Waals surface area (Å²) in [6.07, 6.45) is 1.17. The molecule has 3 aromatic rings. The summed E-state index contributed by atoms with van der Waals surface area (Å²) in [5.74, 6) is -0.146. The molecule has 0 atom stereocenters. The van der Waals surface area contributed by atoms with Gasteiger partial charge >= 0.3 is 0 Å². The fraction of sp³-hybridized carbons (Fsp3) is 0.294. The molecule has 0 N–H and O–H groups in total. The van der Waals surface area contributed by atoms with Gasteiger partial charge in [-0.15, -0.1) is 11.3 Å². The fourth-order valence-corrected chi connectivity index (χ4v) is 5.72. The van der Waals surface area contributed by atoms with E-state index < -0.39 is 9.84 Å². The van der Waals surface area contributed by atoms with E-state index in [9.17, 15) is 13.2 Å². The number of amides is 1. The van der Waals surface area contributed by atoms with Crippen molar-refractivity contribution >= 4 is 69.7 Å². The maximum atomic E-state index is 13.1. The third-order valence-electron chi connectivity index (χ3n) is 3.80. The lowest BCUT2D eigenvalue weighted by Crippen LogP contribution is -2.36. The van der Waals surface area contributed by atoms with Crippen LogP contribution in [0.4, 0.5) is 5.13 Å². The maximum Gasteiger partial charge on any atom is 0.270 e. The molecule has 2 aromatic heterocycles. The Morgan fingerprint density at radius 1 is 1.15 bits per heavy atom. The highest BCUT2D eigenvalue weighted by molar-refractivity contribution is 9.11. The van der Waals surface area contributed by atoms with E-state index in [1.54, 1.807) is 23.1 Å². The minimum atomic E-state index is -3.41. The fourth-order valence-electron chi connectivity index (χ4n) is 2.47. The normalized spacial score (nSPS) is 12.0. The molecule has 0 aliphatic heterocycles. The molecular weight excluding hydrogens is 470 g/mol. The molecular formula is C17H18BrN3O3S3. The molecule has 2 heterocycles. The smallest absolute Gasteiger partial charge is 0.270 e. The summed E-state index contributed by atoms with van der Waals surface area (Å²) in [6.45, 7) is 1.11. The van der Waals surface area contributed by atoms with E-state index in [4.69, 9.17) is 0 Å². The van der Waals surface area contributed by atoms with Crippen molar-refractivity contribution in [3.05, 3.63) is 39.0 Å². The number of rotatable bonds is 6. The van der Waals surface area contributed by atoms with E-state index in [0.29, 0.717) is 28.6 Å². The quantitative estimate of drug-likeness (QED) is 0.529. The van der Waals surface area contributed by atoms with Gasteiger partial charge in [0.05, 0.1) is 18.3 Å². The number of aromatic nitrogens is 1.